The van der Waals surface area contributed by atoms with E-state index in [1.807, 2.05) is 6.07 Å². The number of hydrogen-bond donors (Lipinski definition) is 1. The van der Waals surface area contributed by atoms with Gasteiger partial charge in [-0.25, -0.2) is 4.39 Å². The molecule has 0 aliphatic rings. The number of nitrogens with one attached hydrogen (secondary N) is 1. The van der Waals surface area contributed by atoms with E-state index in [1.54, 1.807) is 12.1 Å². The Morgan fingerprint density at radius 1 is 1.50 bits per heavy atom. The Balaban J connectivity index is 2.44. The van der Waals surface area contributed by atoms with Crippen LogP contribution in [0.3, 0.4) is 0 Å². The third kappa shape index (κ3) is 3.44. The third-order valence-corrected chi connectivity index (χ3v) is 2.33. The van der Waals surface area contributed by atoms with Crippen LogP contribution in [0.15, 0.2) is 22.7 Å². The lowest BCUT2D eigenvalue weighted by atomic mass is 10.2. The molecule has 2 nitrogen and oxygen atoms in total. The minimum Gasteiger partial charge on any atom is -0.312 e. The van der Waals surface area contributed by atoms with Crippen LogP contribution in [-0.4, -0.2) is 6.54 Å². The van der Waals surface area contributed by atoms with Crippen molar-refractivity contribution >= 4 is 15.9 Å². The molecular weight excluding hydrogens is 247 g/mol. The largest absolute Gasteiger partial charge is 0.312 e. The van der Waals surface area contributed by atoms with E-state index in [1.165, 1.54) is 6.07 Å². The molecule has 0 spiro atoms. The van der Waals surface area contributed by atoms with Gasteiger partial charge in [-0.15, -0.1) is 0 Å². The van der Waals surface area contributed by atoms with Crippen molar-refractivity contribution in [2.75, 3.05) is 6.54 Å². The summed E-state index contributed by atoms with van der Waals surface area (Å²) >= 11 is 3.11. The first-order valence-corrected chi connectivity index (χ1v) is 5.05. The zero-order valence-electron chi connectivity index (χ0n) is 7.56. The molecule has 0 aromatic heterocycles. The van der Waals surface area contributed by atoms with Crippen molar-refractivity contribution < 1.29 is 4.39 Å². The number of halogens is 2. The summed E-state index contributed by atoms with van der Waals surface area (Å²) in [6.07, 6.45) is 0.488. The van der Waals surface area contributed by atoms with Gasteiger partial charge in [0.25, 0.3) is 0 Å². The monoisotopic (exact) mass is 256 g/mol. The number of rotatable bonds is 4. The summed E-state index contributed by atoms with van der Waals surface area (Å²) in [5.41, 5.74) is 0.996. The minimum absolute atomic E-state index is 0.259. The highest BCUT2D eigenvalue weighted by atomic mass is 79.9. The number of nitriles is 1. The fourth-order valence-electron chi connectivity index (χ4n) is 1.03. The molecule has 0 aliphatic heterocycles. The van der Waals surface area contributed by atoms with Crippen LogP contribution in [0, 0.1) is 17.1 Å². The predicted octanol–water partition coefficient (Wildman–Crippen LogP) is 2.59. The topological polar surface area (TPSA) is 35.8 Å². The zero-order valence-corrected chi connectivity index (χ0v) is 9.14. The lowest BCUT2D eigenvalue weighted by Gasteiger charge is -2.03. The highest BCUT2D eigenvalue weighted by Gasteiger charge is 1.99. The van der Waals surface area contributed by atoms with Crippen LogP contribution in [0.1, 0.15) is 12.0 Å². The van der Waals surface area contributed by atoms with Gasteiger partial charge < -0.3 is 5.32 Å². The van der Waals surface area contributed by atoms with E-state index in [9.17, 15) is 4.39 Å². The van der Waals surface area contributed by atoms with Crippen LogP contribution in [0.25, 0.3) is 0 Å². The van der Waals surface area contributed by atoms with Crippen molar-refractivity contribution in [3.05, 3.63) is 34.1 Å². The van der Waals surface area contributed by atoms with Crippen molar-refractivity contribution in [2.45, 2.75) is 13.0 Å². The lowest BCUT2D eigenvalue weighted by molar-refractivity contribution is 0.618. The highest BCUT2D eigenvalue weighted by molar-refractivity contribution is 9.10. The summed E-state index contributed by atoms with van der Waals surface area (Å²) < 4.78 is 13.3. The van der Waals surface area contributed by atoms with Crippen LogP contribution < -0.4 is 5.32 Å². The fourth-order valence-corrected chi connectivity index (χ4v) is 1.45. The van der Waals surface area contributed by atoms with Crippen LogP contribution >= 0.6 is 15.9 Å². The molecule has 0 atom stereocenters. The van der Waals surface area contributed by atoms with E-state index in [0.29, 0.717) is 24.0 Å². The van der Waals surface area contributed by atoms with Crippen molar-refractivity contribution in [3.8, 4) is 6.07 Å². The van der Waals surface area contributed by atoms with Crippen molar-refractivity contribution in [1.29, 1.82) is 5.26 Å². The van der Waals surface area contributed by atoms with Gasteiger partial charge in [0.1, 0.15) is 5.82 Å². The zero-order chi connectivity index (χ0) is 10.4. The SMILES string of the molecule is N#CCCNCc1ccc(F)c(Br)c1. The maximum Gasteiger partial charge on any atom is 0.137 e. The van der Waals surface area contributed by atoms with E-state index in [0.717, 1.165) is 5.56 Å². The van der Waals surface area contributed by atoms with E-state index < -0.39 is 0 Å². The highest BCUT2D eigenvalue weighted by Crippen LogP contribution is 2.16. The summed E-state index contributed by atoms with van der Waals surface area (Å²) in [6, 6.07) is 6.92. The molecule has 0 unspecified atom stereocenters. The third-order valence-electron chi connectivity index (χ3n) is 1.73. The van der Waals surface area contributed by atoms with Crippen molar-refractivity contribution in [3.63, 3.8) is 0 Å². The molecule has 1 rings (SSSR count). The molecule has 1 aromatic carbocycles. The normalized spacial score (nSPS) is 9.79. The van der Waals surface area contributed by atoms with Gasteiger partial charge in [0.2, 0.25) is 0 Å². The Hall–Kier alpha value is -0.920. The average molecular weight is 257 g/mol. The molecule has 0 heterocycles. The van der Waals surface area contributed by atoms with Gasteiger partial charge in [0.15, 0.2) is 0 Å². The Morgan fingerprint density at radius 3 is 2.93 bits per heavy atom. The lowest BCUT2D eigenvalue weighted by Crippen LogP contribution is -2.14. The summed E-state index contributed by atoms with van der Waals surface area (Å²) in [5, 5.41) is 11.4. The number of hydrogen-bond acceptors (Lipinski definition) is 2. The molecule has 0 saturated carbocycles. The molecule has 4 heteroatoms. The second kappa shape index (κ2) is 5.74. The molecule has 0 aliphatic carbocycles. The van der Waals surface area contributed by atoms with Crippen LogP contribution in [0.5, 0.6) is 0 Å². The van der Waals surface area contributed by atoms with E-state index >= 15 is 0 Å². The molecule has 0 saturated heterocycles. The Labute approximate surface area is 90.9 Å². The first-order chi connectivity index (χ1) is 6.74. The number of benzene rings is 1. The second-order valence-corrected chi connectivity index (χ2v) is 3.69. The quantitative estimate of drug-likeness (QED) is 0.841. The molecule has 1 aromatic rings. The van der Waals surface area contributed by atoms with Crippen LogP contribution in [0.4, 0.5) is 4.39 Å². The fraction of sp³-hybridized carbons (Fsp3) is 0.300. The molecule has 0 bridgehead atoms. The van der Waals surface area contributed by atoms with Crippen LogP contribution in [-0.2, 0) is 6.54 Å². The van der Waals surface area contributed by atoms with E-state index in [4.69, 9.17) is 5.26 Å². The van der Waals surface area contributed by atoms with Gasteiger partial charge in [-0.05, 0) is 33.6 Å². The van der Waals surface area contributed by atoms with Gasteiger partial charge >= 0.3 is 0 Å². The smallest absolute Gasteiger partial charge is 0.137 e. The maximum absolute atomic E-state index is 12.8. The average Bonchev–Trinajstić information content (AvgIpc) is 2.18. The minimum atomic E-state index is -0.259. The van der Waals surface area contributed by atoms with Crippen molar-refractivity contribution in [1.82, 2.24) is 5.32 Å². The summed E-state index contributed by atoms with van der Waals surface area (Å²) in [6.45, 7) is 1.31. The molecule has 74 valence electrons. The summed E-state index contributed by atoms with van der Waals surface area (Å²) in [4.78, 5) is 0. The Kier molecular flexibility index (Phi) is 4.57. The van der Waals surface area contributed by atoms with E-state index in [2.05, 4.69) is 21.2 Å². The molecule has 0 fully saturated rings. The predicted molar refractivity (Wildman–Crippen MR) is 56.0 cm³/mol. The Morgan fingerprint density at radius 2 is 2.29 bits per heavy atom. The summed E-state index contributed by atoms with van der Waals surface area (Å²) in [7, 11) is 0. The summed E-state index contributed by atoms with van der Waals surface area (Å²) in [5.74, 6) is -0.259. The van der Waals surface area contributed by atoms with Crippen molar-refractivity contribution in [2.24, 2.45) is 0 Å². The molecule has 1 N–H and O–H groups in total. The standard InChI is InChI=1S/C10H10BrFN2/c11-9-6-8(2-3-10(9)12)7-14-5-1-4-13/h2-3,6,14H,1,5,7H2. The van der Waals surface area contributed by atoms with Gasteiger partial charge in [0.05, 0.1) is 10.5 Å². The van der Waals surface area contributed by atoms with Gasteiger partial charge in [0, 0.05) is 19.5 Å². The van der Waals surface area contributed by atoms with E-state index in [-0.39, 0.29) is 5.82 Å². The number of nitrogens with zero attached hydrogens (tertiary/aromatic N) is 1. The van der Waals surface area contributed by atoms with Gasteiger partial charge in [-0.1, -0.05) is 6.07 Å². The first-order valence-electron chi connectivity index (χ1n) is 4.25. The van der Waals surface area contributed by atoms with Gasteiger partial charge in [-0.3, -0.25) is 0 Å². The first kappa shape index (κ1) is 11.2. The van der Waals surface area contributed by atoms with Crippen LogP contribution in [0.2, 0.25) is 0 Å². The molecule has 0 radical (unpaired) electrons. The molecule has 0 amide bonds. The second-order valence-electron chi connectivity index (χ2n) is 2.83. The molecule has 14 heavy (non-hydrogen) atoms. The van der Waals surface area contributed by atoms with Gasteiger partial charge in [-0.2, -0.15) is 5.26 Å². The maximum atomic E-state index is 12.8. The molecular formula is C10H10BrFN2. The Bertz CT molecular complexity index is 346.